The average Bonchev–Trinajstić information content (AvgIpc) is 2.95. The van der Waals surface area contributed by atoms with Gasteiger partial charge in [-0.05, 0) is 36.8 Å². The molecule has 1 atom stereocenters. The third kappa shape index (κ3) is 3.01. The van der Waals surface area contributed by atoms with Gasteiger partial charge in [-0.3, -0.25) is 4.79 Å². The Morgan fingerprint density at radius 3 is 2.83 bits per heavy atom. The highest BCUT2D eigenvalue weighted by molar-refractivity contribution is 6.32. The minimum atomic E-state index is -0.334. The number of amides is 1. The van der Waals surface area contributed by atoms with Crippen molar-refractivity contribution in [1.29, 1.82) is 5.26 Å². The number of carbonyl (C=O) groups excluding carboxylic acids is 1. The van der Waals surface area contributed by atoms with Crippen LogP contribution in [0, 0.1) is 11.3 Å². The molecule has 122 valence electrons. The summed E-state index contributed by atoms with van der Waals surface area (Å²) in [6, 6.07) is 14.2. The van der Waals surface area contributed by atoms with E-state index in [1.54, 1.807) is 30.2 Å². The fraction of sp³-hybridized carbons (Fsp3) is 0.222. The Morgan fingerprint density at radius 2 is 2.12 bits per heavy atom. The zero-order valence-electron chi connectivity index (χ0n) is 13.1. The molecular formula is C18H16ClN3O2. The van der Waals surface area contributed by atoms with Crippen molar-refractivity contribution in [2.45, 2.75) is 12.5 Å². The largest absolute Gasteiger partial charge is 0.495 e. The Bertz CT molecular complexity index is 816. The minimum absolute atomic E-state index is 0.0139. The van der Waals surface area contributed by atoms with Gasteiger partial charge in [-0.25, -0.2) is 0 Å². The Kier molecular flexibility index (Phi) is 4.59. The highest BCUT2D eigenvalue weighted by atomic mass is 35.5. The summed E-state index contributed by atoms with van der Waals surface area (Å²) in [5.74, 6) is 0.660. The summed E-state index contributed by atoms with van der Waals surface area (Å²) in [6.45, 7) is 0.612. The summed E-state index contributed by atoms with van der Waals surface area (Å²) in [7, 11) is 1.59. The molecule has 6 heteroatoms. The maximum atomic E-state index is 12.7. The molecule has 0 bridgehead atoms. The lowest BCUT2D eigenvalue weighted by molar-refractivity contribution is -0.117. The van der Waals surface area contributed by atoms with E-state index in [9.17, 15) is 4.79 Å². The van der Waals surface area contributed by atoms with Crippen LogP contribution in [0.4, 0.5) is 11.4 Å². The van der Waals surface area contributed by atoms with Crippen LogP contribution in [-0.4, -0.2) is 25.6 Å². The second-order valence-electron chi connectivity index (χ2n) is 5.45. The molecule has 0 aliphatic carbocycles. The maximum absolute atomic E-state index is 12.7. The molecule has 0 spiro atoms. The summed E-state index contributed by atoms with van der Waals surface area (Å²) in [5.41, 5.74) is 1.90. The van der Waals surface area contributed by atoms with Crippen LogP contribution in [0.1, 0.15) is 12.0 Å². The number of hydrogen-bond acceptors (Lipinski definition) is 4. The van der Waals surface area contributed by atoms with Gasteiger partial charge in [0.1, 0.15) is 17.9 Å². The van der Waals surface area contributed by atoms with E-state index in [-0.39, 0.29) is 11.9 Å². The van der Waals surface area contributed by atoms with Crippen molar-refractivity contribution in [2.75, 3.05) is 23.9 Å². The van der Waals surface area contributed by atoms with Crippen LogP contribution in [0.15, 0.2) is 42.5 Å². The zero-order chi connectivity index (χ0) is 17.1. The van der Waals surface area contributed by atoms with Gasteiger partial charge in [0.2, 0.25) is 5.91 Å². The average molecular weight is 342 g/mol. The predicted octanol–water partition coefficient (Wildman–Crippen LogP) is 3.44. The van der Waals surface area contributed by atoms with Gasteiger partial charge >= 0.3 is 0 Å². The zero-order valence-corrected chi connectivity index (χ0v) is 13.9. The molecule has 1 N–H and O–H groups in total. The van der Waals surface area contributed by atoms with E-state index in [2.05, 4.69) is 5.32 Å². The second kappa shape index (κ2) is 6.81. The van der Waals surface area contributed by atoms with E-state index in [1.807, 2.05) is 30.3 Å². The van der Waals surface area contributed by atoms with E-state index in [0.29, 0.717) is 29.3 Å². The van der Waals surface area contributed by atoms with Gasteiger partial charge in [0.25, 0.3) is 0 Å². The van der Waals surface area contributed by atoms with Gasteiger partial charge in [-0.2, -0.15) is 5.26 Å². The van der Waals surface area contributed by atoms with Crippen LogP contribution in [0.25, 0.3) is 0 Å². The lowest BCUT2D eigenvalue weighted by Gasteiger charge is -2.20. The van der Waals surface area contributed by atoms with Crippen molar-refractivity contribution < 1.29 is 9.53 Å². The van der Waals surface area contributed by atoms with Crippen LogP contribution >= 0.6 is 11.6 Å². The fourth-order valence-electron chi connectivity index (χ4n) is 2.80. The first-order valence-electron chi connectivity index (χ1n) is 7.54. The second-order valence-corrected chi connectivity index (χ2v) is 5.86. The number of anilines is 2. The SMILES string of the molecule is COc1ccccc1N1CCC(Nc2ccc(C#N)c(Cl)c2)C1=O. The Labute approximate surface area is 145 Å². The number of carbonyl (C=O) groups is 1. The first-order valence-corrected chi connectivity index (χ1v) is 7.92. The van der Waals surface area contributed by atoms with Crippen molar-refractivity contribution in [1.82, 2.24) is 0 Å². The van der Waals surface area contributed by atoms with Crippen LogP contribution < -0.4 is 15.0 Å². The smallest absolute Gasteiger partial charge is 0.249 e. The van der Waals surface area contributed by atoms with Gasteiger partial charge in [0, 0.05) is 12.2 Å². The first-order chi connectivity index (χ1) is 11.6. The Hall–Kier alpha value is -2.71. The number of nitriles is 1. The van der Waals surface area contributed by atoms with E-state index < -0.39 is 0 Å². The van der Waals surface area contributed by atoms with Crippen LogP contribution in [-0.2, 0) is 4.79 Å². The molecule has 0 radical (unpaired) electrons. The molecule has 5 nitrogen and oxygen atoms in total. The normalized spacial score (nSPS) is 16.8. The molecule has 2 aromatic carbocycles. The molecule has 1 unspecified atom stereocenters. The topological polar surface area (TPSA) is 65.4 Å². The molecule has 1 fully saturated rings. The predicted molar refractivity (Wildman–Crippen MR) is 93.5 cm³/mol. The summed E-state index contributed by atoms with van der Waals surface area (Å²) in [5, 5.41) is 12.5. The maximum Gasteiger partial charge on any atom is 0.249 e. The molecule has 0 aromatic heterocycles. The number of methoxy groups -OCH3 is 1. The van der Waals surface area contributed by atoms with Gasteiger partial charge < -0.3 is 15.0 Å². The molecule has 1 saturated heterocycles. The molecule has 1 aliphatic rings. The number of rotatable bonds is 4. The first kappa shape index (κ1) is 16.2. The summed E-state index contributed by atoms with van der Waals surface area (Å²) in [6.07, 6.45) is 0.675. The van der Waals surface area contributed by atoms with E-state index >= 15 is 0 Å². The Balaban J connectivity index is 1.77. The summed E-state index contributed by atoms with van der Waals surface area (Å²) < 4.78 is 5.34. The molecule has 1 amide bonds. The molecule has 2 aromatic rings. The lowest BCUT2D eigenvalue weighted by atomic mass is 10.2. The minimum Gasteiger partial charge on any atom is -0.495 e. The quantitative estimate of drug-likeness (QED) is 0.925. The standard InChI is InChI=1S/C18H16ClN3O2/c1-24-17-5-3-2-4-16(17)22-9-8-15(18(22)23)21-13-7-6-12(11-20)14(19)10-13/h2-7,10,15,21H,8-9H2,1H3. The van der Waals surface area contributed by atoms with Crippen LogP contribution in [0.2, 0.25) is 5.02 Å². The number of para-hydroxylation sites is 2. The van der Waals surface area contributed by atoms with Gasteiger partial charge in [0.15, 0.2) is 0 Å². The third-order valence-electron chi connectivity index (χ3n) is 4.01. The van der Waals surface area contributed by atoms with Gasteiger partial charge in [-0.1, -0.05) is 23.7 Å². The molecule has 3 rings (SSSR count). The van der Waals surface area contributed by atoms with Crippen molar-refractivity contribution in [3.63, 3.8) is 0 Å². The van der Waals surface area contributed by atoms with Gasteiger partial charge in [-0.15, -0.1) is 0 Å². The number of hydrogen-bond donors (Lipinski definition) is 1. The molecule has 1 heterocycles. The van der Waals surface area contributed by atoms with E-state index in [1.165, 1.54) is 0 Å². The van der Waals surface area contributed by atoms with Gasteiger partial charge in [0.05, 0.1) is 23.4 Å². The molecule has 1 aliphatic heterocycles. The van der Waals surface area contributed by atoms with Crippen molar-refractivity contribution in [2.24, 2.45) is 0 Å². The molecule has 24 heavy (non-hydrogen) atoms. The molecular weight excluding hydrogens is 326 g/mol. The Morgan fingerprint density at radius 1 is 1.33 bits per heavy atom. The highest BCUT2D eigenvalue weighted by Gasteiger charge is 2.33. The lowest BCUT2D eigenvalue weighted by Crippen LogP contribution is -2.33. The number of nitrogens with one attached hydrogen (secondary N) is 1. The van der Waals surface area contributed by atoms with Crippen LogP contribution in [0.5, 0.6) is 5.75 Å². The van der Waals surface area contributed by atoms with Crippen LogP contribution in [0.3, 0.4) is 0 Å². The summed E-state index contributed by atoms with van der Waals surface area (Å²) >= 11 is 6.04. The highest BCUT2D eigenvalue weighted by Crippen LogP contribution is 2.32. The van der Waals surface area contributed by atoms with Crippen molar-refractivity contribution >= 4 is 28.9 Å². The number of nitrogens with zero attached hydrogens (tertiary/aromatic N) is 2. The van der Waals surface area contributed by atoms with Crippen molar-refractivity contribution in [3.05, 3.63) is 53.1 Å². The number of benzene rings is 2. The third-order valence-corrected chi connectivity index (χ3v) is 4.32. The van der Waals surface area contributed by atoms with E-state index in [0.717, 1.165) is 11.4 Å². The fourth-order valence-corrected chi connectivity index (χ4v) is 3.03. The van der Waals surface area contributed by atoms with Crippen molar-refractivity contribution in [3.8, 4) is 11.8 Å². The monoisotopic (exact) mass is 341 g/mol. The van der Waals surface area contributed by atoms with E-state index in [4.69, 9.17) is 21.6 Å². The summed E-state index contributed by atoms with van der Waals surface area (Å²) in [4.78, 5) is 14.4. The number of ether oxygens (including phenoxy) is 1. The number of halogens is 1. The molecule has 0 saturated carbocycles.